The number of benzene rings is 1. The third-order valence-electron chi connectivity index (χ3n) is 4.88. The van der Waals surface area contributed by atoms with Crippen molar-refractivity contribution in [1.29, 1.82) is 0 Å². The van der Waals surface area contributed by atoms with E-state index < -0.39 is 11.3 Å². The summed E-state index contributed by atoms with van der Waals surface area (Å²) in [5, 5.41) is 0.178. The molecule has 2 rings (SSSR count). The Kier molecular flexibility index (Phi) is 10.5. The molecule has 0 bridgehead atoms. The van der Waals surface area contributed by atoms with E-state index in [2.05, 4.69) is 16.9 Å². The maximum Gasteiger partial charge on any atom is 0.329 e. The van der Waals surface area contributed by atoms with Crippen molar-refractivity contribution in [2.24, 2.45) is 5.92 Å². The van der Waals surface area contributed by atoms with Crippen LogP contribution in [0.4, 0.5) is 0 Å². The SMILES string of the molecule is CCCCCCCSc1ncc(-c2ccc(OC(=O)[C@@H](Cl)C(C)CC)cc2)cn1. The Balaban J connectivity index is 1.85. The zero-order chi connectivity index (χ0) is 21.1. The molecular weight excluding hydrogens is 404 g/mol. The molecule has 1 heterocycles. The molecule has 6 heteroatoms. The molecule has 0 N–H and O–H groups in total. The van der Waals surface area contributed by atoms with E-state index >= 15 is 0 Å². The van der Waals surface area contributed by atoms with Gasteiger partial charge in [0, 0.05) is 23.7 Å². The van der Waals surface area contributed by atoms with Crippen molar-refractivity contribution in [2.75, 3.05) is 5.75 Å². The quantitative estimate of drug-likeness (QED) is 0.0921. The first-order valence-electron chi connectivity index (χ1n) is 10.5. The second-order valence-corrected chi connectivity index (χ2v) is 8.78. The molecule has 0 amide bonds. The maximum atomic E-state index is 12.1. The Hall–Kier alpha value is -1.59. The summed E-state index contributed by atoms with van der Waals surface area (Å²) in [4.78, 5) is 21.0. The molecule has 1 aromatic carbocycles. The second kappa shape index (κ2) is 12.9. The molecule has 0 aliphatic carbocycles. The van der Waals surface area contributed by atoms with Crippen molar-refractivity contribution >= 4 is 29.3 Å². The Morgan fingerprint density at radius 3 is 2.31 bits per heavy atom. The number of alkyl halides is 1. The minimum Gasteiger partial charge on any atom is -0.425 e. The predicted octanol–water partition coefficient (Wildman–Crippen LogP) is 6.77. The average molecular weight is 435 g/mol. The summed E-state index contributed by atoms with van der Waals surface area (Å²) >= 11 is 7.85. The molecule has 0 aliphatic heterocycles. The van der Waals surface area contributed by atoms with Crippen LogP contribution in [0.25, 0.3) is 11.1 Å². The van der Waals surface area contributed by atoms with Crippen LogP contribution in [0.1, 0.15) is 59.3 Å². The maximum absolute atomic E-state index is 12.1. The highest BCUT2D eigenvalue weighted by Gasteiger charge is 2.23. The van der Waals surface area contributed by atoms with Gasteiger partial charge in [-0.3, -0.25) is 4.79 Å². The van der Waals surface area contributed by atoms with Gasteiger partial charge in [-0.15, -0.1) is 11.6 Å². The molecule has 1 unspecified atom stereocenters. The third kappa shape index (κ3) is 7.98. The van der Waals surface area contributed by atoms with Crippen LogP contribution in [-0.4, -0.2) is 27.1 Å². The zero-order valence-corrected chi connectivity index (χ0v) is 19.1. The number of hydrogen-bond donors (Lipinski definition) is 0. The van der Waals surface area contributed by atoms with Crippen LogP contribution in [0.3, 0.4) is 0 Å². The minimum absolute atomic E-state index is 0.0771. The summed E-state index contributed by atoms with van der Waals surface area (Å²) < 4.78 is 5.38. The van der Waals surface area contributed by atoms with E-state index in [1.54, 1.807) is 23.9 Å². The lowest BCUT2D eigenvalue weighted by Crippen LogP contribution is -2.26. The summed E-state index contributed by atoms with van der Waals surface area (Å²) in [7, 11) is 0. The summed E-state index contributed by atoms with van der Waals surface area (Å²) in [5.41, 5.74) is 1.91. The van der Waals surface area contributed by atoms with Gasteiger partial charge in [0.15, 0.2) is 5.16 Å². The number of carbonyl (C=O) groups excluding carboxylic acids is 1. The smallest absolute Gasteiger partial charge is 0.329 e. The standard InChI is InChI=1S/C23H31ClN2O2S/c1-4-6-7-8-9-14-29-23-25-15-19(16-26-23)18-10-12-20(13-11-18)28-22(27)21(24)17(3)5-2/h10-13,15-17,21H,4-9,14H2,1-3H3/t17?,21-/m0/s1. The highest BCUT2D eigenvalue weighted by Crippen LogP contribution is 2.24. The number of ether oxygens (including phenoxy) is 1. The van der Waals surface area contributed by atoms with Gasteiger partial charge >= 0.3 is 5.97 Å². The van der Waals surface area contributed by atoms with Gasteiger partial charge in [0.1, 0.15) is 11.1 Å². The molecule has 158 valence electrons. The van der Waals surface area contributed by atoms with Crippen LogP contribution in [0.15, 0.2) is 41.8 Å². The van der Waals surface area contributed by atoms with Gasteiger partial charge in [0.25, 0.3) is 0 Å². The van der Waals surface area contributed by atoms with Gasteiger partial charge in [-0.05, 0) is 30.0 Å². The molecule has 1 aromatic heterocycles. The molecule has 0 saturated carbocycles. The molecule has 2 atom stereocenters. The van der Waals surface area contributed by atoms with Gasteiger partial charge < -0.3 is 4.74 Å². The van der Waals surface area contributed by atoms with Gasteiger partial charge in [-0.2, -0.15) is 0 Å². The number of thioether (sulfide) groups is 1. The van der Waals surface area contributed by atoms with Crippen molar-refractivity contribution in [2.45, 2.75) is 69.8 Å². The van der Waals surface area contributed by atoms with Gasteiger partial charge in [0.05, 0.1) is 0 Å². The molecule has 0 saturated heterocycles. The van der Waals surface area contributed by atoms with Crippen molar-refractivity contribution in [3.05, 3.63) is 36.7 Å². The van der Waals surface area contributed by atoms with Crippen molar-refractivity contribution in [3.8, 4) is 16.9 Å². The van der Waals surface area contributed by atoms with Crippen LogP contribution >= 0.6 is 23.4 Å². The number of esters is 1. The Bertz CT molecular complexity index is 738. The van der Waals surface area contributed by atoms with Crippen molar-refractivity contribution < 1.29 is 9.53 Å². The van der Waals surface area contributed by atoms with E-state index in [-0.39, 0.29) is 5.92 Å². The van der Waals surface area contributed by atoms with Crippen LogP contribution in [0, 0.1) is 5.92 Å². The molecule has 4 nitrogen and oxygen atoms in total. The fourth-order valence-electron chi connectivity index (χ4n) is 2.74. The zero-order valence-electron chi connectivity index (χ0n) is 17.6. The first-order valence-corrected chi connectivity index (χ1v) is 11.9. The van der Waals surface area contributed by atoms with Crippen LogP contribution in [0.5, 0.6) is 5.75 Å². The number of nitrogens with zero attached hydrogens (tertiary/aromatic N) is 2. The van der Waals surface area contributed by atoms with Gasteiger partial charge in [-0.25, -0.2) is 9.97 Å². The molecule has 0 aliphatic rings. The second-order valence-electron chi connectivity index (χ2n) is 7.25. The number of halogens is 1. The fourth-order valence-corrected chi connectivity index (χ4v) is 3.74. The summed E-state index contributed by atoms with van der Waals surface area (Å²) in [6.07, 6.45) is 10.9. The number of aromatic nitrogens is 2. The summed E-state index contributed by atoms with van der Waals surface area (Å²) in [6, 6.07) is 7.33. The van der Waals surface area contributed by atoms with E-state index in [1.165, 1.54) is 32.1 Å². The molecule has 2 aromatic rings. The van der Waals surface area contributed by atoms with Crippen LogP contribution in [-0.2, 0) is 4.79 Å². The first kappa shape index (κ1) is 23.7. The van der Waals surface area contributed by atoms with E-state index in [9.17, 15) is 4.79 Å². The van der Waals surface area contributed by atoms with Crippen molar-refractivity contribution in [3.63, 3.8) is 0 Å². The predicted molar refractivity (Wildman–Crippen MR) is 122 cm³/mol. The number of unbranched alkanes of at least 4 members (excludes halogenated alkanes) is 4. The largest absolute Gasteiger partial charge is 0.425 e. The lowest BCUT2D eigenvalue weighted by molar-refractivity contribution is -0.134. The normalized spacial score (nSPS) is 13.1. The molecule has 0 spiro atoms. The third-order valence-corrected chi connectivity index (χ3v) is 6.45. The van der Waals surface area contributed by atoms with Crippen LogP contribution in [0.2, 0.25) is 0 Å². The van der Waals surface area contributed by atoms with E-state index in [0.717, 1.165) is 28.5 Å². The van der Waals surface area contributed by atoms with E-state index in [0.29, 0.717) is 5.75 Å². The highest BCUT2D eigenvalue weighted by atomic mass is 35.5. The monoisotopic (exact) mass is 434 g/mol. The summed E-state index contributed by atoms with van der Waals surface area (Å²) in [5.74, 6) is 1.21. The van der Waals surface area contributed by atoms with Gasteiger partial charge in [-0.1, -0.05) is 76.8 Å². The molecule has 0 radical (unpaired) electrons. The number of rotatable bonds is 12. The Morgan fingerprint density at radius 2 is 1.69 bits per heavy atom. The molecular formula is C23H31ClN2O2S. The van der Waals surface area contributed by atoms with Gasteiger partial charge in [0.2, 0.25) is 0 Å². The topological polar surface area (TPSA) is 52.1 Å². The highest BCUT2D eigenvalue weighted by molar-refractivity contribution is 7.99. The number of hydrogen-bond acceptors (Lipinski definition) is 5. The Labute approximate surface area is 183 Å². The Morgan fingerprint density at radius 1 is 1.03 bits per heavy atom. The number of carbonyl (C=O) groups is 1. The lowest BCUT2D eigenvalue weighted by Gasteiger charge is -2.15. The first-order chi connectivity index (χ1) is 14.0. The van der Waals surface area contributed by atoms with E-state index in [1.807, 2.05) is 38.4 Å². The summed E-state index contributed by atoms with van der Waals surface area (Å²) in [6.45, 7) is 6.17. The molecule has 0 fully saturated rings. The lowest BCUT2D eigenvalue weighted by atomic mass is 10.1. The van der Waals surface area contributed by atoms with Crippen LogP contribution < -0.4 is 4.74 Å². The fraction of sp³-hybridized carbons (Fsp3) is 0.522. The minimum atomic E-state index is -0.634. The van der Waals surface area contributed by atoms with E-state index in [4.69, 9.17) is 16.3 Å². The van der Waals surface area contributed by atoms with Crippen molar-refractivity contribution in [1.82, 2.24) is 9.97 Å². The molecule has 29 heavy (non-hydrogen) atoms. The average Bonchev–Trinajstić information content (AvgIpc) is 2.76.